The van der Waals surface area contributed by atoms with E-state index in [0.717, 1.165) is 19.6 Å². The van der Waals surface area contributed by atoms with Crippen molar-refractivity contribution >= 4 is 5.78 Å². The van der Waals surface area contributed by atoms with Crippen LogP contribution in [0.1, 0.15) is 30.6 Å². The summed E-state index contributed by atoms with van der Waals surface area (Å²) in [4.78, 5) is 14.7. The molecule has 1 aromatic rings. The summed E-state index contributed by atoms with van der Waals surface area (Å²) in [6.45, 7) is 6.76. The van der Waals surface area contributed by atoms with Crippen molar-refractivity contribution in [1.82, 2.24) is 4.90 Å². The third kappa shape index (κ3) is 4.36. The molecule has 21 heavy (non-hydrogen) atoms. The predicted octanol–water partition coefficient (Wildman–Crippen LogP) is 2.63. The highest BCUT2D eigenvalue weighted by Crippen LogP contribution is 2.34. The van der Waals surface area contributed by atoms with Crippen LogP contribution in [0.25, 0.3) is 0 Å². The molecule has 0 aliphatic heterocycles. The van der Waals surface area contributed by atoms with E-state index in [1.54, 1.807) is 19.2 Å². The smallest absolute Gasteiger partial charge is 0.171 e. The molecule has 0 fully saturated rings. The Kier molecular flexibility index (Phi) is 7.02. The Morgan fingerprint density at radius 1 is 1.00 bits per heavy atom. The van der Waals surface area contributed by atoms with E-state index in [4.69, 9.17) is 14.2 Å². The van der Waals surface area contributed by atoms with Crippen LogP contribution >= 0.6 is 0 Å². The molecular weight excluding hydrogens is 270 g/mol. The molecule has 0 amide bonds. The van der Waals surface area contributed by atoms with Crippen molar-refractivity contribution in [3.05, 3.63) is 17.7 Å². The van der Waals surface area contributed by atoms with Gasteiger partial charge in [0.25, 0.3) is 0 Å². The lowest BCUT2D eigenvalue weighted by atomic mass is 10.0. The van der Waals surface area contributed by atoms with Crippen LogP contribution in [0.4, 0.5) is 0 Å². The van der Waals surface area contributed by atoms with Crippen LogP contribution in [-0.4, -0.2) is 51.6 Å². The van der Waals surface area contributed by atoms with Crippen molar-refractivity contribution in [2.24, 2.45) is 0 Å². The first-order valence-electron chi connectivity index (χ1n) is 7.16. The van der Waals surface area contributed by atoms with Gasteiger partial charge in [-0.15, -0.1) is 0 Å². The van der Waals surface area contributed by atoms with E-state index in [1.165, 1.54) is 14.2 Å². The Morgan fingerprint density at radius 2 is 1.52 bits per heavy atom. The van der Waals surface area contributed by atoms with E-state index in [1.807, 2.05) is 0 Å². The molecule has 0 atom stereocenters. The lowest BCUT2D eigenvalue weighted by Crippen LogP contribution is -2.26. The van der Waals surface area contributed by atoms with Gasteiger partial charge < -0.3 is 19.1 Å². The number of carbonyl (C=O) groups is 1. The van der Waals surface area contributed by atoms with Gasteiger partial charge in [-0.1, -0.05) is 13.8 Å². The Balaban J connectivity index is 3.01. The second kappa shape index (κ2) is 8.52. The molecule has 0 aromatic heterocycles. The molecule has 0 heterocycles. The topological polar surface area (TPSA) is 48.0 Å². The molecule has 1 aromatic carbocycles. The Hall–Kier alpha value is -1.75. The van der Waals surface area contributed by atoms with E-state index in [2.05, 4.69) is 18.7 Å². The van der Waals surface area contributed by atoms with Crippen molar-refractivity contribution < 1.29 is 19.0 Å². The van der Waals surface area contributed by atoms with Gasteiger partial charge in [0.1, 0.15) is 22.8 Å². The van der Waals surface area contributed by atoms with Gasteiger partial charge in [-0.05, 0) is 13.1 Å². The summed E-state index contributed by atoms with van der Waals surface area (Å²) >= 11 is 0. The molecule has 5 nitrogen and oxygen atoms in total. The first kappa shape index (κ1) is 17.3. The number of ketones is 1. The number of ether oxygens (including phenoxy) is 3. The molecule has 0 radical (unpaired) electrons. The fraction of sp³-hybridized carbons (Fsp3) is 0.562. The number of carbonyl (C=O) groups excluding carboxylic acids is 1. The third-order valence-corrected chi connectivity index (χ3v) is 3.54. The molecule has 0 aliphatic rings. The molecule has 118 valence electrons. The van der Waals surface area contributed by atoms with Gasteiger partial charge in [-0.3, -0.25) is 4.79 Å². The minimum absolute atomic E-state index is 0.0123. The average molecular weight is 295 g/mol. The molecule has 1 rings (SSSR count). The van der Waals surface area contributed by atoms with Gasteiger partial charge in [0, 0.05) is 25.1 Å². The van der Waals surface area contributed by atoms with E-state index < -0.39 is 0 Å². The minimum Gasteiger partial charge on any atom is -0.496 e. The zero-order valence-electron chi connectivity index (χ0n) is 13.6. The van der Waals surface area contributed by atoms with Gasteiger partial charge in [0.05, 0.1) is 21.3 Å². The second-order valence-corrected chi connectivity index (χ2v) is 4.61. The highest BCUT2D eigenvalue weighted by molar-refractivity contribution is 6.01. The average Bonchev–Trinajstić information content (AvgIpc) is 2.53. The third-order valence-electron chi connectivity index (χ3n) is 3.54. The van der Waals surface area contributed by atoms with Crippen LogP contribution < -0.4 is 14.2 Å². The Morgan fingerprint density at radius 3 is 1.90 bits per heavy atom. The van der Waals surface area contributed by atoms with Crippen LogP contribution in [0.2, 0.25) is 0 Å². The first-order valence-corrected chi connectivity index (χ1v) is 7.16. The summed E-state index contributed by atoms with van der Waals surface area (Å²) in [6.07, 6.45) is 0.431. The standard InChI is InChI=1S/C16H25NO4/c1-6-17(7-2)9-8-13(18)16-14(20-4)10-12(19-3)11-15(16)21-5/h10-11H,6-9H2,1-5H3. The number of rotatable bonds is 9. The summed E-state index contributed by atoms with van der Waals surface area (Å²) in [7, 11) is 4.64. The van der Waals surface area contributed by atoms with Crippen LogP contribution in [0.5, 0.6) is 17.2 Å². The number of methoxy groups -OCH3 is 3. The zero-order valence-corrected chi connectivity index (χ0v) is 13.6. The van der Waals surface area contributed by atoms with Gasteiger partial charge in [-0.25, -0.2) is 0 Å². The van der Waals surface area contributed by atoms with Gasteiger partial charge >= 0.3 is 0 Å². The van der Waals surface area contributed by atoms with Crippen molar-refractivity contribution in [3.8, 4) is 17.2 Å². The van der Waals surface area contributed by atoms with Crippen molar-refractivity contribution in [2.45, 2.75) is 20.3 Å². The van der Waals surface area contributed by atoms with Crippen molar-refractivity contribution in [3.63, 3.8) is 0 Å². The zero-order chi connectivity index (χ0) is 15.8. The van der Waals surface area contributed by atoms with Gasteiger partial charge in [0.2, 0.25) is 0 Å². The molecule has 0 saturated heterocycles. The van der Waals surface area contributed by atoms with Crippen LogP contribution in [-0.2, 0) is 0 Å². The van der Waals surface area contributed by atoms with E-state index >= 15 is 0 Å². The number of Topliss-reactive ketones (excluding diaryl/α,β-unsaturated/α-hetero) is 1. The minimum atomic E-state index is 0.0123. The predicted molar refractivity (Wildman–Crippen MR) is 82.8 cm³/mol. The maximum Gasteiger partial charge on any atom is 0.171 e. The lowest BCUT2D eigenvalue weighted by molar-refractivity contribution is 0.0960. The molecule has 5 heteroatoms. The maximum absolute atomic E-state index is 12.5. The summed E-state index contributed by atoms with van der Waals surface area (Å²) in [5.41, 5.74) is 0.480. The summed E-state index contributed by atoms with van der Waals surface area (Å²) in [6, 6.07) is 3.40. The monoisotopic (exact) mass is 295 g/mol. The summed E-state index contributed by atoms with van der Waals surface area (Å²) in [5, 5.41) is 0. The molecule has 0 bridgehead atoms. The van der Waals surface area contributed by atoms with Gasteiger partial charge in [-0.2, -0.15) is 0 Å². The number of nitrogens with zero attached hydrogens (tertiary/aromatic N) is 1. The van der Waals surface area contributed by atoms with Crippen LogP contribution in [0.3, 0.4) is 0 Å². The fourth-order valence-corrected chi connectivity index (χ4v) is 2.20. The molecule has 0 unspecified atom stereocenters. The fourth-order valence-electron chi connectivity index (χ4n) is 2.20. The first-order chi connectivity index (χ1) is 10.1. The van der Waals surface area contributed by atoms with E-state index in [9.17, 15) is 4.79 Å². The quantitative estimate of drug-likeness (QED) is 0.655. The molecule has 0 aliphatic carbocycles. The van der Waals surface area contributed by atoms with Crippen molar-refractivity contribution in [1.29, 1.82) is 0 Å². The Labute approximate surface area is 126 Å². The number of hydrogen-bond acceptors (Lipinski definition) is 5. The molecule has 0 spiro atoms. The normalized spacial score (nSPS) is 10.6. The molecule has 0 N–H and O–H groups in total. The second-order valence-electron chi connectivity index (χ2n) is 4.61. The summed E-state index contributed by atoms with van der Waals surface area (Å²) in [5.74, 6) is 1.58. The number of hydrogen-bond donors (Lipinski definition) is 0. The van der Waals surface area contributed by atoms with E-state index in [0.29, 0.717) is 29.2 Å². The van der Waals surface area contributed by atoms with Crippen LogP contribution in [0.15, 0.2) is 12.1 Å². The maximum atomic E-state index is 12.5. The molecular formula is C16H25NO4. The highest BCUT2D eigenvalue weighted by atomic mass is 16.5. The largest absolute Gasteiger partial charge is 0.496 e. The van der Waals surface area contributed by atoms with Crippen LogP contribution in [0, 0.1) is 0 Å². The van der Waals surface area contributed by atoms with E-state index in [-0.39, 0.29) is 5.78 Å². The number of benzene rings is 1. The summed E-state index contributed by atoms with van der Waals surface area (Å²) < 4.78 is 15.8. The molecule has 0 saturated carbocycles. The SMILES string of the molecule is CCN(CC)CCC(=O)c1c(OC)cc(OC)cc1OC. The van der Waals surface area contributed by atoms with Gasteiger partial charge in [0.15, 0.2) is 5.78 Å². The lowest BCUT2D eigenvalue weighted by Gasteiger charge is -2.18. The Bertz CT molecular complexity index is 444. The highest BCUT2D eigenvalue weighted by Gasteiger charge is 2.20. The van der Waals surface area contributed by atoms with Crippen molar-refractivity contribution in [2.75, 3.05) is 41.0 Å².